The normalized spacial score (nSPS) is 19.9. The van der Waals surface area contributed by atoms with Gasteiger partial charge in [-0.25, -0.2) is 14.6 Å². The second-order valence-corrected chi connectivity index (χ2v) is 15.3. The van der Waals surface area contributed by atoms with Gasteiger partial charge in [0.1, 0.15) is 35.4 Å². The lowest BCUT2D eigenvalue weighted by Crippen LogP contribution is -2.59. The third-order valence-corrected chi connectivity index (χ3v) is 11.5. The number of amides is 3. The van der Waals surface area contributed by atoms with Gasteiger partial charge in [-0.2, -0.15) is 10.2 Å². The molecular formula is C42H46N12O4. The summed E-state index contributed by atoms with van der Waals surface area (Å²) in [5, 5.41) is 23.7. The van der Waals surface area contributed by atoms with E-state index in [-0.39, 0.29) is 30.7 Å². The van der Waals surface area contributed by atoms with Gasteiger partial charge < -0.3 is 31.3 Å². The first-order valence-corrected chi connectivity index (χ1v) is 19.9. The number of fused-ring (bicyclic) bond motifs is 2. The number of carbonyl (C=O) groups excluding carboxylic acids is 3. The summed E-state index contributed by atoms with van der Waals surface area (Å²) < 4.78 is 9.74. The average molecular weight is 783 g/mol. The number of imide groups is 1. The molecule has 3 aromatic heterocycles. The lowest BCUT2D eigenvalue weighted by molar-refractivity contribution is -0.134. The van der Waals surface area contributed by atoms with Crippen LogP contribution in [0.5, 0.6) is 11.5 Å². The van der Waals surface area contributed by atoms with Gasteiger partial charge in [-0.3, -0.25) is 24.4 Å². The largest absolute Gasteiger partial charge is 0.457 e. The van der Waals surface area contributed by atoms with Crippen molar-refractivity contribution in [3.63, 3.8) is 0 Å². The first-order valence-electron chi connectivity index (χ1n) is 19.9. The van der Waals surface area contributed by atoms with E-state index >= 15 is 0 Å². The minimum absolute atomic E-state index is 0.196. The average Bonchev–Trinajstić information content (AvgIpc) is 3.81. The van der Waals surface area contributed by atoms with Gasteiger partial charge in [0.25, 0.3) is 5.91 Å². The maximum Gasteiger partial charge on any atom is 0.254 e. The van der Waals surface area contributed by atoms with Gasteiger partial charge in [0.15, 0.2) is 5.65 Å². The highest BCUT2D eigenvalue weighted by molar-refractivity contribution is 6.11. The summed E-state index contributed by atoms with van der Waals surface area (Å²) in [6, 6.07) is 21.6. The zero-order valence-corrected chi connectivity index (χ0v) is 32.2. The van der Waals surface area contributed by atoms with Crippen molar-refractivity contribution in [1.82, 2.24) is 50.8 Å². The van der Waals surface area contributed by atoms with Crippen LogP contribution in [0.25, 0.3) is 33.2 Å². The van der Waals surface area contributed by atoms with Gasteiger partial charge in [-0.1, -0.05) is 18.2 Å². The van der Waals surface area contributed by atoms with Crippen LogP contribution < -0.4 is 36.6 Å². The number of para-hydroxylation sites is 1. The molecule has 6 aromatic rings. The van der Waals surface area contributed by atoms with Gasteiger partial charge in [0.2, 0.25) is 11.8 Å². The summed E-state index contributed by atoms with van der Waals surface area (Å²) in [4.78, 5) is 48.3. The number of rotatable bonds is 12. The molecule has 6 N–H and O–H groups in total. The Labute approximate surface area is 334 Å². The number of nitrogen functional groups attached to an aromatic ring is 1. The minimum Gasteiger partial charge on any atom is -0.457 e. The van der Waals surface area contributed by atoms with Crippen molar-refractivity contribution in [2.75, 3.05) is 36.8 Å². The van der Waals surface area contributed by atoms with E-state index in [0.717, 1.165) is 96.7 Å². The van der Waals surface area contributed by atoms with E-state index < -0.39 is 11.9 Å². The van der Waals surface area contributed by atoms with E-state index in [1.165, 1.54) is 6.33 Å². The summed E-state index contributed by atoms with van der Waals surface area (Å²) in [5.41, 5.74) is 11.1. The molecule has 1 saturated carbocycles. The van der Waals surface area contributed by atoms with E-state index in [2.05, 4.69) is 45.9 Å². The van der Waals surface area contributed by atoms with Gasteiger partial charge in [-0.05, 0) is 80.6 Å². The maximum atomic E-state index is 13.3. The first-order chi connectivity index (χ1) is 28.3. The quantitative estimate of drug-likeness (QED) is 0.0890. The number of nitrogens with two attached hydrogens (primary N) is 1. The molecule has 0 radical (unpaired) electrons. The molecule has 0 bridgehead atoms. The van der Waals surface area contributed by atoms with Crippen molar-refractivity contribution >= 4 is 51.2 Å². The topological polar surface area (TPSA) is 199 Å². The van der Waals surface area contributed by atoms with Crippen LogP contribution in [-0.2, 0) is 16.6 Å². The second kappa shape index (κ2) is 15.9. The predicted octanol–water partition coefficient (Wildman–Crippen LogP) is 3.84. The third kappa shape index (κ3) is 7.43. The fraction of sp³-hybridized carbons (Fsp3) is 0.357. The summed E-state index contributed by atoms with van der Waals surface area (Å²) in [5.74, 6) is 0.779. The highest BCUT2D eigenvalue weighted by atomic mass is 16.5. The Balaban J connectivity index is 0.754. The molecule has 298 valence electrons. The Morgan fingerprint density at radius 1 is 0.897 bits per heavy atom. The molecule has 2 saturated heterocycles. The van der Waals surface area contributed by atoms with Crippen LogP contribution in [0, 0.1) is 0 Å². The molecule has 9 rings (SSSR count). The number of aromatic nitrogens is 6. The molecule has 3 fully saturated rings. The summed E-state index contributed by atoms with van der Waals surface area (Å²) >= 11 is 0. The molecule has 16 heteroatoms. The van der Waals surface area contributed by atoms with E-state index in [1.54, 1.807) is 24.0 Å². The smallest absolute Gasteiger partial charge is 0.254 e. The van der Waals surface area contributed by atoms with E-state index in [4.69, 9.17) is 15.6 Å². The zero-order chi connectivity index (χ0) is 39.8. The molecule has 1 unspecified atom stereocenters. The van der Waals surface area contributed by atoms with E-state index in [0.29, 0.717) is 29.0 Å². The Hall–Kier alpha value is -6.39. The van der Waals surface area contributed by atoms with Crippen molar-refractivity contribution in [2.24, 2.45) is 7.05 Å². The number of benzene rings is 3. The van der Waals surface area contributed by atoms with Crippen LogP contribution in [-0.4, -0.2) is 91.6 Å². The molecule has 3 aromatic carbocycles. The molecule has 5 heterocycles. The van der Waals surface area contributed by atoms with Gasteiger partial charge in [-0.15, -0.1) is 0 Å². The summed E-state index contributed by atoms with van der Waals surface area (Å²) in [6.07, 6.45) is 7.80. The standard InChI is InChI=1S/C42H46N12O4/c1-52-38-31(41(56)49-33-16-18-35(55)50-42(33)57)15-17-34(32(38)21-48-52)53-22-27(23-53)45-20-19-44-26-9-11-28(12-10-26)54-40-36(39(43)46-24-47-40)37(51-54)25-7-13-30(14-8-25)58-29-5-3-2-4-6-29/h2-8,13-15,17,21,24,26-28,33,44-45H,9-12,16,18-20,22-23H2,1H3,(H,49,56)(H2,43,46,47)(H,50,55,57). The number of piperidine rings is 1. The molecule has 3 amide bonds. The number of carbonyl (C=O) groups is 3. The number of ether oxygens (including phenoxy) is 1. The molecule has 0 spiro atoms. The fourth-order valence-electron chi connectivity index (χ4n) is 8.44. The van der Waals surface area contributed by atoms with Crippen LogP contribution in [0.4, 0.5) is 11.5 Å². The van der Waals surface area contributed by atoms with Crippen molar-refractivity contribution in [1.29, 1.82) is 0 Å². The monoisotopic (exact) mass is 782 g/mol. The Kier molecular flexibility index (Phi) is 10.2. The SMILES string of the molecule is Cn1ncc2c(N3CC(NCCNC4CCC(n5nc(-c6ccc(Oc7ccccc7)cc6)c6c(N)ncnc65)CC4)C3)ccc(C(=O)NC3CCC(=O)NC3=O)c21. The van der Waals surface area contributed by atoms with E-state index in [1.807, 2.05) is 60.7 Å². The number of nitrogens with zero attached hydrogens (tertiary/aromatic N) is 7. The molecule has 16 nitrogen and oxygen atoms in total. The predicted molar refractivity (Wildman–Crippen MR) is 219 cm³/mol. The van der Waals surface area contributed by atoms with Gasteiger partial charge >= 0.3 is 0 Å². The Bertz CT molecular complexity index is 2470. The minimum atomic E-state index is -0.746. The number of aryl methyl sites for hydroxylation is 1. The number of nitrogens with one attached hydrogen (secondary N) is 4. The third-order valence-electron chi connectivity index (χ3n) is 11.5. The number of anilines is 2. The Morgan fingerprint density at radius 2 is 1.64 bits per heavy atom. The van der Waals surface area contributed by atoms with Crippen LogP contribution >= 0.6 is 0 Å². The molecule has 1 atom stereocenters. The van der Waals surface area contributed by atoms with Crippen LogP contribution in [0.1, 0.15) is 54.9 Å². The Morgan fingerprint density at radius 3 is 2.40 bits per heavy atom. The van der Waals surface area contributed by atoms with Crippen LogP contribution in [0.15, 0.2) is 79.3 Å². The van der Waals surface area contributed by atoms with E-state index in [9.17, 15) is 14.4 Å². The lowest BCUT2D eigenvalue weighted by atomic mass is 9.91. The van der Waals surface area contributed by atoms with Crippen molar-refractivity contribution < 1.29 is 19.1 Å². The number of hydrogen-bond donors (Lipinski definition) is 5. The van der Waals surface area contributed by atoms with Crippen LogP contribution in [0.2, 0.25) is 0 Å². The highest BCUT2D eigenvalue weighted by Crippen LogP contribution is 2.37. The zero-order valence-electron chi connectivity index (χ0n) is 32.2. The molecule has 2 aliphatic heterocycles. The maximum absolute atomic E-state index is 13.3. The molecule has 1 aliphatic carbocycles. The first kappa shape index (κ1) is 37.2. The van der Waals surface area contributed by atoms with Crippen LogP contribution in [0.3, 0.4) is 0 Å². The lowest BCUT2D eigenvalue weighted by Gasteiger charge is -2.42. The van der Waals surface area contributed by atoms with Crippen molar-refractivity contribution in [3.05, 3.63) is 84.8 Å². The van der Waals surface area contributed by atoms with Gasteiger partial charge in [0.05, 0.1) is 28.7 Å². The summed E-state index contributed by atoms with van der Waals surface area (Å²) in [7, 11) is 1.81. The fourth-order valence-corrected chi connectivity index (χ4v) is 8.44. The molecule has 3 aliphatic rings. The molecule has 58 heavy (non-hydrogen) atoms. The molecular weight excluding hydrogens is 737 g/mol. The summed E-state index contributed by atoms with van der Waals surface area (Å²) in [6.45, 7) is 3.42. The second-order valence-electron chi connectivity index (χ2n) is 15.3. The number of hydrogen-bond acceptors (Lipinski definition) is 12. The van der Waals surface area contributed by atoms with Crippen molar-refractivity contribution in [3.8, 4) is 22.8 Å². The van der Waals surface area contributed by atoms with Gasteiger partial charge in [0, 0.05) is 68.4 Å². The van der Waals surface area contributed by atoms with Crippen molar-refractivity contribution in [2.45, 2.75) is 62.7 Å². The highest BCUT2D eigenvalue weighted by Gasteiger charge is 2.32.